The van der Waals surface area contributed by atoms with E-state index in [1.165, 1.54) is 11.3 Å². The smallest absolute Gasteiger partial charge is 0.232 e. The van der Waals surface area contributed by atoms with Gasteiger partial charge in [0.1, 0.15) is 11.6 Å². The van der Waals surface area contributed by atoms with Crippen molar-refractivity contribution in [2.45, 2.75) is 6.42 Å². The number of hydrogen-bond acceptors (Lipinski definition) is 7. The molecule has 0 amide bonds. The quantitative estimate of drug-likeness (QED) is 0.664. The molecule has 0 bridgehead atoms. The number of nitrogens with zero attached hydrogens (tertiary/aromatic N) is 5. The molecule has 0 atom stereocenters. The molecule has 1 aliphatic rings. The van der Waals surface area contributed by atoms with Crippen LogP contribution in [-0.2, 0) is 0 Å². The van der Waals surface area contributed by atoms with Crippen molar-refractivity contribution in [3.8, 4) is 5.75 Å². The number of fused-ring (bicyclic) bond motifs is 1. The second-order valence-electron chi connectivity index (χ2n) is 3.96. The van der Waals surface area contributed by atoms with Crippen LogP contribution in [0.15, 0.2) is 38.7 Å². The summed E-state index contributed by atoms with van der Waals surface area (Å²) in [4.78, 5) is 4.34. The third-order valence-electron chi connectivity index (χ3n) is 2.56. The fraction of sp³-hybridized carbons (Fsp3) is 0.182. The summed E-state index contributed by atoms with van der Waals surface area (Å²) in [7, 11) is 1.62. The van der Waals surface area contributed by atoms with Crippen molar-refractivity contribution in [3.63, 3.8) is 0 Å². The molecule has 0 fully saturated rings. The standard InChI is InChI=1S/C11H11N7OS/c1-19-6-2-3-8-7(4-6)13-11(20-8)17-18-16-10-5-9(12)14-15-10/h2-4H,5H2,1H3,(H2,12,14)(H,13,15,16,17). The maximum Gasteiger partial charge on any atom is 0.232 e. The molecule has 0 saturated carbocycles. The first kappa shape index (κ1) is 12.5. The largest absolute Gasteiger partial charge is 0.497 e. The van der Waals surface area contributed by atoms with E-state index in [4.69, 9.17) is 10.5 Å². The predicted octanol–water partition coefficient (Wildman–Crippen LogP) is 1.97. The first-order valence-electron chi connectivity index (χ1n) is 5.75. The van der Waals surface area contributed by atoms with Crippen LogP contribution in [0, 0.1) is 0 Å². The zero-order valence-electron chi connectivity index (χ0n) is 10.6. The molecule has 2 heterocycles. The number of nitrogens with one attached hydrogen (secondary N) is 1. The second kappa shape index (κ2) is 5.21. The summed E-state index contributed by atoms with van der Waals surface area (Å²) in [6.07, 6.45) is 0.454. The number of benzene rings is 1. The lowest BCUT2D eigenvalue weighted by molar-refractivity contribution is 0.415. The van der Waals surface area contributed by atoms with Gasteiger partial charge in [0.05, 0.1) is 23.7 Å². The Morgan fingerprint density at radius 3 is 3.10 bits per heavy atom. The maximum absolute atomic E-state index is 5.50. The van der Waals surface area contributed by atoms with Gasteiger partial charge in [0, 0.05) is 6.07 Å². The number of hydrazone groups is 1. The van der Waals surface area contributed by atoms with E-state index in [0.717, 1.165) is 16.0 Å². The van der Waals surface area contributed by atoms with Crippen LogP contribution in [0.1, 0.15) is 6.42 Å². The van der Waals surface area contributed by atoms with Crippen molar-refractivity contribution in [2.75, 3.05) is 7.11 Å². The Kier molecular flexibility index (Phi) is 3.25. The van der Waals surface area contributed by atoms with Crippen molar-refractivity contribution in [2.24, 2.45) is 26.3 Å². The van der Waals surface area contributed by atoms with E-state index in [9.17, 15) is 0 Å². The third-order valence-corrected chi connectivity index (χ3v) is 3.48. The molecule has 0 saturated heterocycles. The van der Waals surface area contributed by atoms with Crippen LogP contribution in [0.4, 0.5) is 5.13 Å². The van der Waals surface area contributed by atoms with E-state index in [2.05, 4.69) is 31.0 Å². The number of ether oxygens (including phenoxy) is 1. The first-order chi connectivity index (χ1) is 9.74. The number of methoxy groups -OCH3 is 1. The highest BCUT2D eigenvalue weighted by Gasteiger charge is 2.09. The first-order valence-corrected chi connectivity index (χ1v) is 6.56. The van der Waals surface area contributed by atoms with Gasteiger partial charge in [0.15, 0.2) is 5.84 Å². The molecule has 0 unspecified atom stereocenters. The fourth-order valence-electron chi connectivity index (χ4n) is 1.62. The van der Waals surface area contributed by atoms with Gasteiger partial charge in [-0.05, 0) is 17.4 Å². The molecule has 3 rings (SSSR count). The van der Waals surface area contributed by atoms with E-state index in [1.807, 2.05) is 18.2 Å². The van der Waals surface area contributed by atoms with E-state index in [-0.39, 0.29) is 0 Å². The molecule has 3 N–H and O–H groups in total. The van der Waals surface area contributed by atoms with Crippen LogP contribution in [-0.4, -0.2) is 23.8 Å². The Morgan fingerprint density at radius 2 is 2.35 bits per heavy atom. The third kappa shape index (κ3) is 2.57. The van der Waals surface area contributed by atoms with Crippen LogP contribution in [0.3, 0.4) is 0 Å². The minimum Gasteiger partial charge on any atom is -0.497 e. The lowest BCUT2D eigenvalue weighted by Gasteiger charge is -1.96. The van der Waals surface area contributed by atoms with Gasteiger partial charge in [-0.25, -0.2) is 4.98 Å². The Bertz CT molecular complexity index is 733. The van der Waals surface area contributed by atoms with Crippen molar-refractivity contribution in [1.82, 2.24) is 10.4 Å². The van der Waals surface area contributed by atoms with E-state index in [1.54, 1.807) is 7.11 Å². The van der Waals surface area contributed by atoms with Crippen LogP contribution in [0.25, 0.3) is 10.2 Å². The highest BCUT2D eigenvalue weighted by Crippen LogP contribution is 2.30. The number of thiazole rings is 1. The van der Waals surface area contributed by atoms with Crippen LogP contribution >= 0.6 is 11.3 Å². The number of hydrogen-bond donors (Lipinski definition) is 2. The molecule has 0 aliphatic carbocycles. The Morgan fingerprint density at radius 1 is 1.45 bits per heavy atom. The predicted molar refractivity (Wildman–Crippen MR) is 77.5 cm³/mol. The summed E-state index contributed by atoms with van der Waals surface area (Å²) in [6, 6.07) is 5.66. The average Bonchev–Trinajstić information content (AvgIpc) is 3.03. The fourth-order valence-corrected chi connectivity index (χ4v) is 2.39. The van der Waals surface area contributed by atoms with Crippen LogP contribution < -0.4 is 15.9 Å². The van der Waals surface area contributed by atoms with Gasteiger partial charge >= 0.3 is 0 Å². The number of aromatic nitrogens is 1. The van der Waals surface area contributed by atoms with Crippen molar-refractivity contribution in [3.05, 3.63) is 18.2 Å². The SMILES string of the molecule is COc1ccc2sc(/N=N/N=C3/CC(N)=NN3)nc2c1. The average molecular weight is 289 g/mol. The molecule has 9 heteroatoms. The van der Waals surface area contributed by atoms with Gasteiger partial charge in [0.25, 0.3) is 0 Å². The lowest BCUT2D eigenvalue weighted by atomic mass is 10.3. The summed E-state index contributed by atoms with van der Waals surface area (Å²) < 4.78 is 6.16. The summed E-state index contributed by atoms with van der Waals surface area (Å²) in [5, 5.41) is 15.9. The zero-order valence-corrected chi connectivity index (χ0v) is 11.4. The molecule has 8 nitrogen and oxygen atoms in total. The molecule has 20 heavy (non-hydrogen) atoms. The van der Waals surface area contributed by atoms with Crippen LogP contribution in [0.2, 0.25) is 0 Å². The van der Waals surface area contributed by atoms with Gasteiger partial charge in [0.2, 0.25) is 5.13 Å². The number of amidine groups is 2. The van der Waals surface area contributed by atoms with Crippen LogP contribution in [0.5, 0.6) is 5.75 Å². The monoisotopic (exact) mass is 289 g/mol. The summed E-state index contributed by atoms with van der Waals surface area (Å²) in [5.41, 5.74) is 8.98. The van der Waals surface area contributed by atoms with Gasteiger partial charge in [-0.1, -0.05) is 16.5 Å². The highest BCUT2D eigenvalue weighted by atomic mass is 32.1. The van der Waals surface area contributed by atoms with Crippen molar-refractivity contribution in [1.29, 1.82) is 0 Å². The topological polar surface area (TPSA) is 110 Å². The minimum absolute atomic E-state index is 0.454. The molecular weight excluding hydrogens is 278 g/mol. The number of nitrogens with two attached hydrogens (primary N) is 1. The van der Waals surface area contributed by atoms with E-state index >= 15 is 0 Å². The van der Waals surface area contributed by atoms with Gasteiger partial charge in [-0.15, -0.1) is 5.10 Å². The molecular formula is C11H11N7OS. The van der Waals surface area contributed by atoms with Gasteiger partial charge in [-0.3, -0.25) is 5.43 Å². The molecule has 102 valence electrons. The van der Waals surface area contributed by atoms with E-state index < -0.39 is 0 Å². The maximum atomic E-state index is 5.50. The van der Waals surface area contributed by atoms with E-state index in [0.29, 0.717) is 23.2 Å². The normalized spacial score (nSPS) is 16.9. The van der Waals surface area contributed by atoms with Gasteiger partial charge in [-0.2, -0.15) is 5.10 Å². The molecule has 1 aromatic carbocycles. The highest BCUT2D eigenvalue weighted by molar-refractivity contribution is 7.21. The molecule has 2 aromatic rings. The Balaban J connectivity index is 1.77. The van der Waals surface area contributed by atoms with Crippen molar-refractivity contribution < 1.29 is 4.74 Å². The Labute approximate surface area is 118 Å². The lowest BCUT2D eigenvalue weighted by Crippen LogP contribution is -2.12. The zero-order chi connectivity index (χ0) is 13.9. The molecule has 1 aromatic heterocycles. The second-order valence-corrected chi connectivity index (χ2v) is 4.97. The summed E-state index contributed by atoms with van der Waals surface area (Å²) >= 11 is 1.43. The molecule has 0 radical (unpaired) electrons. The summed E-state index contributed by atoms with van der Waals surface area (Å²) in [6.45, 7) is 0. The molecule has 1 aliphatic heterocycles. The number of rotatable bonds is 3. The minimum atomic E-state index is 0.454. The van der Waals surface area contributed by atoms with Crippen molar-refractivity contribution >= 4 is 38.4 Å². The Hall–Kier alpha value is -2.55. The molecule has 0 spiro atoms. The summed E-state index contributed by atoms with van der Waals surface area (Å²) in [5.74, 6) is 1.80. The van der Waals surface area contributed by atoms with Gasteiger partial charge < -0.3 is 10.5 Å².